The van der Waals surface area contributed by atoms with E-state index in [1.807, 2.05) is 13.8 Å². The van der Waals surface area contributed by atoms with E-state index in [4.69, 9.17) is 4.74 Å². The molecule has 0 radical (unpaired) electrons. The molecular weight excluding hydrogens is 323 g/mol. The zero-order chi connectivity index (χ0) is 17.9. The zero-order valence-electron chi connectivity index (χ0n) is 13.5. The summed E-state index contributed by atoms with van der Waals surface area (Å²) in [7, 11) is 0. The van der Waals surface area contributed by atoms with Crippen LogP contribution < -0.4 is 4.74 Å². The van der Waals surface area contributed by atoms with Crippen LogP contribution in [0.3, 0.4) is 0 Å². The molecule has 1 amide bonds. The molecule has 7 heteroatoms. The number of halogens is 3. The number of aldehydes is 1. The third-order valence-electron chi connectivity index (χ3n) is 4.26. The van der Waals surface area contributed by atoms with E-state index in [1.54, 1.807) is 4.90 Å². The van der Waals surface area contributed by atoms with Crippen molar-refractivity contribution in [2.45, 2.75) is 44.9 Å². The summed E-state index contributed by atoms with van der Waals surface area (Å²) in [6.07, 6.45) is -2.25. The molecule has 1 aromatic carbocycles. The van der Waals surface area contributed by atoms with Crippen LogP contribution in [-0.2, 0) is 15.8 Å². The Morgan fingerprint density at radius 3 is 2.21 bits per heavy atom. The lowest BCUT2D eigenvalue weighted by Gasteiger charge is -2.41. The fourth-order valence-electron chi connectivity index (χ4n) is 3.20. The molecule has 2 rings (SSSR count). The van der Waals surface area contributed by atoms with Crippen molar-refractivity contribution in [3.05, 3.63) is 29.8 Å². The number of alkyl halides is 3. The normalized spacial score (nSPS) is 24.5. The second-order valence-corrected chi connectivity index (χ2v) is 6.18. The number of piperidine rings is 1. The highest BCUT2D eigenvalue weighted by Gasteiger charge is 2.34. The molecule has 0 aliphatic carbocycles. The van der Waals surface area contributed by atoms with Gasteiger partial charge in [-0.2, -0.15) is 13.2 Å². The molecule has 1 aliphatic rings. The summed E-state index contributed by atoms with van der Waals surface area (Å²) in [6, 6.07) is 4.07. The summed E-state index contributed by atoms with van der Waals surface area (Å²) in [5, 5.41) is 0. The molecule has 2 atom stereocenters. The van der Waals surface area contributed by atoms with Crippen molar-refractivity contribution in [3.8, 4) is 5.75 Å². The zero-order valence-corrected chi connectivity index (χ0v) is 13.5. The molecule has 24 heavy (non-hydrogen) atoms. The predicted molar refractivity (Wildman–Crippen MR) is 81.5 cm³/mol. The lowest BCUT2D eigenvalue weighted by molar-refractivity contribution is -0.141. The number of amides is 1. The molecule has 4 nitrogen and oxygen atoms in total. The van der Waals surface area contributed by atoms with Gasteiger partial charge in [0.1, 0.15) is 12.0 Å². The Balaban J connectivity index is 1.94. The number of carbonyl (C=O) groups excluding carboxylic acids is 2. The lowest BCUT2D eigenvalue weighted by Crippen LogP contribution is -2.51. The quantitative estimate of drug-likeness (QED) is 0.788. The highest BCUT2D eigenvalue weighted by Crippen LogP contribution is 2.30. The van der Waals surface area contributed by atoms with Gasteiger partial charge in [-0.05, 0) is 51.0 Å². The molecular formula is C17H20F3NO3. The third kappa shape index (κ3) is 4.27. The predicted octanol–water partition coefficient (Wildman–Crippen LogP) is 3.30. The number of ether oxygens (including phenoxy) is 1. The van der Waals surface area contributed by atoms with E-state index >= 15 is 0 Å². The van der Waals surface area contributed by atoms with E-state index < -0.39 is 11.7 Å². The Kier molecular flexibility index (Phi) is 5.51. The molecule has 132 valence electrons. The van der Waals surface area contributed by atoms with Crippen molar-refractivity contribution < 1.29 is 27.5 Å². The largest absolute Gasteiger partial charge is 0.484 e. The Bertz CT molecular complexity index is 574. The van der Waals surface area contributed by atoms with Crippen LogP contribution in [0.2, 0.25) is 0 Å². The summed E-state index contributed by atoms with van der Waals surface area (Å²) in [6.45, 7) is 3.51. The standard InChI is InChI=1S/C17H20F3NO3/c1-11-7-13(9-22)8-12(2)21(11)16(23)10-24-15-5-3-14(4-6-15)17(18,19)20/h3-6,9,11-13H,7-8,10H2,1-2H3. The monoisotopic (exact) mass is 343 g/mol. The van der Waals surface area contributed by atoms with Gasteiger partial charge in [0, 0.05) is 18.0 Å². The maximum Gasteiger partial charge on any atom is 0.416 e. The number of benzene rings is 1. The minimum absolute atomic E-state index is 0.0464. The first kappa shape index (κ1) is 18.3. The third-order valence-corrected chi connectivity index (χ3v) is 4.26. The molecule has 0 aromatic heterocycles. The maximum absolute atomic E-state index is 12.5. The van der Waals surface area contributed by atoms with Gasteiger partial charge < -0.3 is 14.4 Å². The molecule has 1 saturated heterocycles. The average Bonchev–Trinajstić information content (AvgIpc) is 2.51. The van der Waals surface area contributed by atoms with Gasteiger partial charge >= 0.3 is 6.18 Å². The Morgan fingerprint density at radius 1 is 1.21 bits per heavy atom. The van der Waals surface area contributed by atoms with Gasteiger partial charge in [0.25, 0.3) is 5.91 Å². The minimum atomic E-state index is -4.40. The van der Waals surface area contributed by atoms with Crippen molar-refractivity contribution in [1.82, 2.24) is 4.90 Å². The van der Waals surface area contributed by atoms with Crippen molar-refractivity contribution in [3.63, 3.8) is 0 Å². The molecule has 1 fully saturated rings. The van der Waals surface area contributed by atoms with E-state index in [0.717, 1.165) is 18.4 Å². The van der Waals surface area contributed by atoms with Crippen molar-refractivity contribution in [2.24, 2.45) is 5.92 Å². The van der Waals surface area contributed by atoms with Crippen LogP contribution >= 0.6 is 0 Å². The van der Waals surface area contributed by atoms with Gasteiger partial charge in [-0.1, -0.05) is 0 Å². The van der Waals surface area contributed by atoms with Crippen molar-refractivity contribution in [1.29, 1.82) is 0 Å². The number of likely N-dealkylation sites (tertiary alicyclic amines) is 1. The van der Waals surface area contributed by atoms with Crippen LogP contribution in [0.1, 0.15) is 32.3 Å². The second-order valence-electron chi connectivity index (χ2n) is 6.18. The summed E-state index contributed by atoms with van der Waals surface area (Å²) < 4.78 is 42.8. The minimum Gasteiger partial charge on any atom is -0.484 e. The van der Waals surface area contributed by atoms with Gasteiger partial charge in [-0.3, -0.25) is 4.79 Å². The molecule has 0 N–H and O–H groups in total. The second kappa shape index (κ2) is 7.23. The fourth-order valence-corrected chi connectivity index (χ4v) is 3.20. The van der Waals surface area contributed by atoms with E-state index in [-0.39, 0.29) is 36.3 Å². The molecule has 1 aromatic rings. The molecule has 0 spiro atoms. The Morgan fingerprint density at radius 2 is 1.75 bits per heavy atom. The SMILES string of the molecule is CC1CC(C=O)CC(C)N1C(=O)COc1ccc(C(F)(F)F)cc1. The number of nitrogens with zero attached hydrogens (tertiary/aromatic N) is 1. The van der Waals surface area contributed by atoms with Crippen LogP contribution in [0.25, 0.3) is 0 Å². The number of rotatable bonds is 4. The van der Waals surface area contributed by atoms with Gasteiger partial charge in [0.2, 0.25) is 0 Å². The van der Waals surface area contributed by atoms with Crippen LogP contribution in [0.5, 0.6) is 5.75 Å². The van der Waals surface area contributed by atoms with Crippen molar-refractivity contribution >= 4 is 12.2 Å². The smallest absolute Gasteiger partial charge is 0.416 e. The van der Waals surface area contributed by atoms with Crippen molar-refractivity contribution in [2.75, 3.05) is 6.61 Å². The van der Waals surface area contributed by atoms with Gasteiger partial charge in [0.05, 0.1) is 5.56 Å². The summed E-state index contributed by atoms with van der Waals surface area (Å²) in [5.74, 6) is -0.0754. The molecule has 1 heterocycles. The Labute approximate surface area is 138 Å². The molecule has 1 aliphatic heterocycles. The van der Waals surface area contributed by atoms with Crippen LogP contribution in [-0.4, -0.2) is 35.8 Å². The summed E-state index contributed by atoms with van der Waals surface area (Å²) in [4.78, 5) is 25.0. The average molecular weight is 343 g/mol. The highest BCUT2D eigenvalue weighted by molar-refractivity contribution is 5.78. The highest BCUT2D eigenvalue weighted by atomic mass is 19.4. The van der Waals surface area contributed by atoms with E-state index in [2.05, 4.69) is 0 Å². The first-order valence-electron chi connectivity index (χ1n) is 7.79. The molecule has 2 unspecified atom stereocenters. The Hall–Kier alpha value is -2.05. The number of hydrogen-bond acceptors (Lipinski definition) is 3. The molecule has 0 bridgehead atoms. The van der Waals surface area contributed by atoms with Crippen LogP contribution in [0, 0.1) is 5.92 Å². The van der Waals surface area contributed by atoms with Gasteiger partial charge in [-0.25, -0.2) is 0 Å². The number of hydrogen-bond donors (Lipinski definition) is 0. The maximum atomic E-state index is 12.5. The molecule has 0 saturated carbocycles. The van der Waals surface area contributed by atoms with E-state index in [0.29, 0.717) is 12.8 Å². The van der Waals surface area contributed by atoms with Gasteiger partial charge in [-0.15, -0.1) is 0 Å². The summed E-state index contributed by atoms with van der Waals surface area (Å²) in [5.41, 5.74) is -0.764. The van der Waals surface area contributed by atoms with E-state index in [1.165, 1.54) is 12.1 Å². The fraction of sp³-hybridized carbons (Fsp3) is 0.529. The first-order valence-corrected chi connectivity index (χ1v) is 7.79. The topological polar surface area (TPSA) is 46.6 Å². The van der Waals surface area contributed by atoms with Crippen LogP contribution in [0.15, 0.2) is 24.3 Å². The summed E-state index contributed by atoms with van der Waals surface area (Å²) >= 11 is 0. The number of carbonyl (C=O) groups is 2. The van der Waals surface area contributed by atoms with Gasteiger partial charge in [0.15, 0.2) is 6.61 Å². The van der Waals surface area contributed by atoms with E-state index in [9.17, 15) is 22.8 Å². The van der Waals surface area contributed by atoms with Crippen LogP contribution in [0.4, 0.5) is 13.2 Å². The first-order chi connectivity index (χ1) is 11.2. The lowest BCUT2D eigenvalue weighted by atomic mass is 9.88.